The van der Waals surface area contributed by atoms with E-state index in [2.05, 4.69) is 5.32 Å². The van der Waals surface area contributed by atoms with Crippen LogP contribution in [0.4, 0.5) is 10.1 Å². The van der Waals surface area contributed by atoms with Crippen molar-refractivity contribution >= 4 is 17.5 Å². The normalized spacial score (nSPS) is 16.0. The Labute approximate surface area is 199 Å². The molecule has 0 spiro atoms. The molecule has 6 heteroatoms. The molecule has 2 amide bonds. The van der Waals surface area contributed by atoms with Crippen LogP contribution < -0.4 is 10.1 Å². The van der Waals surface area contributed by atoms with E-state index in [9.17, 15) is 14.0 Å². The summed E-state index contributed by atoms with van der Waals surface area (Å²) in [5.41, 5.74) is 3.37. The minimum absolute atomic E-state index is 0.0156. The monoisotopic (exact) mass is 460 g/mol. The molecule has 3 aromatic carbocycles. The van der Waals surface area contributed by atoms with E-state index in [0.29, 0.717) is 30.0 Å². The van der Waals surface area contributed by atoms with Crippen LogP contribution >= 0.6 is 0 Å². The highest BCUT2D eigenvalue weighted by Crippen LogP contribution is 2.38. The van der Waals surface area contributed by atoms with E-state index in [1.807, 2.05) is 73.3 Å². The van der Waals surface area contributed by atoms with Crippen LogP contribution in [-0.2, 0) is 16.0 Å². The van der Waals surface area contributed by atoms with Gasteiger partial charge in [0.25, 0.3) is 5.91 Å². The zero-order valence-corrected chi connectivity index (χ0v) is 19.6. The lowest BCUT2D eigenvalue weighted by Crippen LogP contribution is -2.42. The molecule has 1 aliphatic heterocycles. The number of nitrogens with one attached hydrogen (secondary N) is 1. The summed E-state index contributed by atoms with van der Waals surface area (Å²) in [4.78, 5) is 27.5. The Morgan fingerprint density at radius 3 is 2.47 bits per heavy atom. The molecule has 5 nitrogen and oxygen atoms in total. The zero-order valence-electron chi connectivity index (χ0n) is 19.6. The first-order valence-corrected chi connectivity index (χ1v) is 11.5. The molecule has 3 aromatic rings. The fourth-order valence-electron chi connectivity index (χ4n) is 4.29. The summed E-state index contributed by atoms with van der Waals surface area (Å²) in [6.07, 6.45) is -0.0351. The molecule has 2 atom stereocenters. The third-order valence-corrected chi connectivity index (χ3v) is 6.01. The number of fused-ring (bicyclic) bond motifs is 1. The van der Waals surface area contributed by atoms with Gasteiger partial charge in [0, 0.05) is 18.2 Å². The average molecular weight is 461 g/mol. The maximum absolute atomic E-state index is 14.1. The van der Waals surface area contributed by atoms with E-state index in [0.717, 1.165) is 11.1 Å². The number of carbonyl (C=O) groups excluding carboxylic acids is 2. The second-order valence-electron chi connectivity index (χ2n) is 8.87. The molecule has 0 aliphatic carbocycles. The summed E-state index contributed by atoms with van der Waals surface area (Å²) in [6, 6.07) is 20.8. The summed E-state index contributed by atoms with van der Waals surface area (Å²) >= 11 is 0. The average Bonchev–Trinajstić information content (AvgIpc) is 2.83. The molecule has 176 valence electrons. The van der Waals surface area contributed by atoms with E-state index in [1.54, 1.807) is 13.0 Å². The second-order valence-corrected chi connectivity index (χ2v) is 8.87. The van der Waals surface area contributed by atoms with Crippen molar-refractivity contribution in [2.75, 3.05) is 11.9 Å². The maximum atomic E-state index is 14.1. The third kappa shape index (κ3) is 5.11. The van der Waals surface area contributed by atoms with Gasteiger partial charge in [0.1, 0.15) is 11.6 Å². The Kier molecular flexibility index (Phi) is 6.96. The fourth-order valence-corrected chi connectivity index (χ4v) is 4.29. The Morgan fingerprint density at radius 1 is 1.00 bits per heavy atom. The fraction of sp³-hybridized carbons (Fsp3) is 0.286. The van der Waals surface area contributed by atoms with Crippen molar-refractivity contribution < 1.29 is 18.7 Å². The number of halogens is 1. The minimum Gasteiger partial charge on any atom is -0.481 e. The van der Waals surface area contributed by atoms with Gasteiger partial charge in [0.05, 0.1) is 6.04 Å². The highest BCUT2D eigenvalue weighted by Gasteiger charge is 2.33. The predicted molar refractivity (Wildman–Crippen MR) is 130 cm³/mol. The summed E-state index contributed by atoms with van der Waals surface area (Å²) < 4.78 is 20.1. The van der Waals surface area contributed by atoms with E-state index in [1.165, 1.54) is 12.1 Å². The van der Waals surface area contributed by atoms with Gasteiger partial charge in [-0.15, -0.1) is 0 Å². The van der Waals surface area contributed by atoms with E-state index >= 15 is 0 Å². The number of benzene rings is 3. The molecule has 1 N–H and O–H groups in total. The Bertz CT molecular complexity index is 1180. The highest BCUT2D eigenvalue weighted by molar-refractivity contribution is 5.94. The van der Waals surface area contributed by atoms with Crippen molar-refractivity contribution in [2.45, 2.75) is 39.3 Å². The first-order valence-electron chi connectivity index (χ1n) is 11.5. The van der Waals surface area contributed by atoms with Crippen molar-refractivity contribution in [3.05, 3.63) is 95.3 Å². The van der Waals surface area contributed by atoms with Gasteiger partial charge < -0.3 is 15.0 Å². The molecule has 2 unspecified atom stereocenters. The lowest BCUT2D eigenvalue weighted by molar-refractivity contribution is -0.136. The van der Waals surface area contributed by atoms with Crippen LogP contribution in [0.1, 0.15) is 43.5 Å². The van der Waals surface area contributed by atoms with E-state index in [-0.39, 0.29) is 23.5 Å². The summed E-state index contributed by atoms with van der Waals surface area (Å²) in [6.45, 7) is 5.98. The number of para-hydroxylation sites is 1. The summed E-state index contributed by atoms with van der Waals surface area (Å²) in [7, 11) is 0. The van der Waals surface area contributed by atoms with Crippen molar-refractivity contribution in [3.8, 4) is 5.75 Å². The summed E-state index contributed by atoms with van der Waals surface area (Å²) in [5.74, 6) is -0.252. The molecule has 4 rings (SSSR count). The largest absolute Gasteiger partial charge is 0.481 e. The molecule has 0 saturated carbocycles. The molecule has 0 aromatic heterocycles. The van der Waals surface area contributed by atoms with Crippen LogP contribution in [0.2, 0.25) is 0 Å². The molecule has 1 aliphatic rings. The van der Waals surface area contributed by atoms with Crippen LogP contribution in [0.15, 0.2) is 72.8 Å². The number of carbonyl (C=O) groups is 2. The third-order valence-electron chi connectivity index (χ3n) is 6.01. The van der Waals surface area contributed by atoms with Crippen molar-refractivity contribution in [1.82, 2.24) is 4.90 Å². The molecule has 0 bridgehead atoms. The number of nitrogens with zero attached hydrogens (tertiary/aromatic N) is 1. The van der Waals surface area contributed by atoms with E-state index < -0.39 is 12.1 Å². The van der Waals surface area contributed by atoms with Crippen molar-refractivity contribution in [2.24, 2.45) is 5.92 Å². The standard InChI is InChI=1S/C28H29FN2O3/c1-18(2)28(33)31-15-14-20-12-13-24(17-25(20)26(31)21-8-7-9-22(29)16-21)34-19(3)27(32)30-23-10-5-4-6-11-23/h4-13,16-19,26H,14-15H2,1-3H3,(H,30,32). The SMILES string of the molecule is CC(C)C(=O)N1CCc2ccc(OC(C)C(=O)Nc3ccccc3)cc2C1c1cccc(F)c1. The first kappa shape index (κ1) is 23.5. The predicted octanol–water partition coefficient (Wildman–Crippen LogP) is 5.36. The van der Waals surface area contributed by atoms with Crippen LogP contribution in [0, 0.1) is 11.7 Å². The Morgan fingerprint density at radius 2 is 1.76 bits per heavy atom. The minimum atomic E-state index is -0.733. The van der Waals surface area contributed by atoms with Crippen LogP contribution in [0.3, 0.4) is 0 Å². The van der Waals surface area contributed by atoms with Gasteiger partial charge in [-0.25, -0.2) is 4.39 Å². The van der Waals surface area contributed by atoms with Gasteiger partial charge in [0.2, 0.25) is 5.91 Å². The van der Waals surface area contributed by atoms with Gasteiger partial charge in [-0.05, 0) is 66.4 Å². The van der Waals surface area contributed by atoms with Gasteiger partial charge >= 0.3 is 0 Å². The summed E-state index contributed by atoms with van der Waals surface area (Å²) in [5, 5.41) is 2.84. The quantitative estimate of drug-likeness (QED) is 0.539. The topological polar surface area (TPSA) is 58.6 Å². The number of hydrogen-bond acceptors (Lipinski definition) is 3. The van der Waals surface area contributed by atoms with Crippen LogP contribution in [0.5, 0.6) is 5.75 Å². The molecular weight excluding hydrogens is 431 g/mol. The van der Waals surface area contributed by atoms with Gasteiger partial charge in [-0.3, -0.25) is 9.59 Å². The number of anilines is 1. The molecule has 0 saturated heterocycles. The lowest BCUT2D eigenvalue weighted by atomic mass is 9.87. The molecule has 1 heterocycles. The first-order chi connectivity index (χ1) is 16.3. The number of rotatable bonds is 6. The zero-order chi connectivity index (χ0) is 24.2. The van der Waals surface area contributed by atoms with Crippen molar-refractivity contribution in [3.63, 3.8) is 0 Å². The highest BCUT2D eigenvalue weighted by atomic mass is 19.1. The van der Waals surface area contributed by atoms with Gasteiger partial charge in [-0.1, -0.05) is 50.2 Å². The Hall–Kier alpha value is -3.67. The van der Waals surface area contributed by atoms with Gasteiger partial charge in [-0.2, -0.15) is 0 Å². The number of amides is 2. The molecule has 34 heavy (non-hydrogen) atoms. The molecule has 0 radical (unpaired) electrons. The molecule has 0 fully saturated rings. The maximum Gasteiger partial charge on any atom is 0.265 e. The molecular formula is C28H29FN2O3. The smallest absolute Gasteiger partial charge is 0.265 e. The van der Waals surface area contributed by atoms with E-state index in [4.69, 9.17) is 4.74 Å². The second kappa shape index (κ2) is 10.1. The number of ether oxygens (including phenoxy) is 1. The van der Waals surface area contributed by atoms with Crippen LogP contribution in [-0.4, -0.2) is 29.4 Å². The number of hydrogen-bond donors (Lipinski definition) is 1. The van der Waals surface area contributed by atoms with Crippen molar-refractivity contribution in [1.29, 1.82) is 0 Å². The Balaban J connectivity index is 1.63. The lowest BCUT2D eigenvalue weighted by Gasteiger charge is -2.39. The van der Waals surface area contributed by atoms with Crippen LogP contribution in [0.25, 0.3) is 0 Å². The van der Waals surface area contributed by atoms with Gasteiger partial charge in [0.15, 0.2) is 6.10 Å².